The summed E-state index contributed by atoms with van der Waals surface area (Å²) in [5.74, 6) is -2.76. The Morgan fingerprint density at radius 3 is 2.07 bits per heavy atom. The molecule has 1 aliphatic heterocycles. The molecular formula is C7H13F3N2O2. The molecule has 4 nitrogen and oxygen atoms in total. The largest absolute Gasteiger partial charge is 0.490 e. The van der Waals surface area contributed by atoms with E-state index >= 15 is 0 Å². The van der Waals surface area contributed by atoms with E-state index in [1.54, 1.807) is 0 Å². The van der Waals surface area contributed by atoms with Crippen molar-refractivity contribution in [1.29, 1.82) is 0 Å². The zero-order chi connectivity index (χ0) is 11.4. The topological polar surface area (TPSA) is 66.6 Å². The van der Waals surface area contributed by atoms with Gasteiger partial charge in [0.1, 0.15) is 0 Å². The van der Waals surface area contributed by atoms with E-state index in [0.29, 0.717) is 6.04 Å². The molecule has 1 rings (SSSR count). The number of hydrogen-bond donors (Lipinski definition) is 2. The molecule has 0 saturated carbocycles. The van der Waals surface area contributed by atoms with Crippen LogP contribution in [0.1, 0.15) is 6.42 Å². The molecular weight excluding hydrogens is 201 g/mol. The lowest BCUT2D eigenvalue weighted by Crippen LogP contribution is -2.23. The molecule has 0 radical (unpaired) electrons. The van der Waals surface area contributed by atoms with Gasteiger partial charge < -0.3 is 15.7 Å². The molecule has 7 heteroatoms. The Kier molecular flexibility index (Phi) is 4.86. The number of carboxylic acid groups (broad SMARTS) is 1. The third-order valence-corrected chi connectivity index (χ3v) is 1.67. The Morgan fingerprint density at radius 1 is 1.57 bits per heavy atom. The number of halogens is 3. The molecule has 0 aromatic heterocycles. The lowest BCUT2D eigenvalue weighted by molar-refractivity contribution is -0.192. The second-order valence-electron chi connectivity index (χ2n) is 3.11. The lowest BCUT2D eigenvalue weighted by atomic mass is 10.3. The Morgan fingerprint density at radius 2 is 2.00 bits per heavy atom. The molecule has 1 atom stereocenters. The molecule has 0 aliphatic carbocycles. The number of nitrogens with zero attached hydrogens (tertiary/aromatic N) is 1. The van der Waals surface area contributed by atoms with E-state index in [0.717, 1.165) is 6.54 Å². The summed E-state index contributed by atoms with van der Waals surface area (Å²) in [4.78, 5) is 11.2. The fourth-order valence-electron chi connectivity index (χ4n) is 0.969. The Bertz CT molecular complexity index is 188. The first-order valence-corrected chi connectivity index (χ1v) is 3.97. The average molecular weight is 214 g/mol. The smallest absolute Gasteiger partial charge is 0.475 e. The zero-order valence-electron chi connectivity index (χ0n) is 7.71. The highest BCUT2D eigenvalue weighted by molar-refractivity contribution is 5.73. The summed E-state index contributed by atoms with van der Waals surface area (Å²) in [7, 11) is 2.10. The van der Waals surface area contributed by atoms with Crippen molar-refractivity contribution >= 4 is 5.97 Å². The Balaban J connectivity index is 0.000000241. The van der Waals surface area contributed by atoms with Gasteiger partial charge in [0, 0.05) is 12.6 Å². The van der Waals surface area contributed by atoms with Crippen molar-refractivity contribution in [3.8, 4) is 0 Å². The second-order valence-corrected chi connectivity index (χ2v) is 3.11. The van der Waals surface area contributed by atoms with Crippen LogP contribution in [-0.4, -0.2) is 48.3 Å². The quantitative estimate of drug-likeness (QED) is 0.608. The second kappa shape index (κ2) is 5.16. The SMILES string of the molecule is CN1CC[C@H](N)C1.O=C(O)C(F)(F)F. The van der Waals surface area contributed by atoms with Gasteiger partial charge in [0.2, 0.25) is 0 Å². The number of likely N-dealkylation sites (N-methyl/N-ethyl adjacent to an activating group) is 1. The number of nitrogens with two attached hydrogens (primary N) is 1. The predicted octanol–water partition coefficient (Wildman–Crippen LogP) is 0.282. The molecule has 0 aromatic rings. The van der Waals surface area contributed by atoms with Crippen molar-refractivity contribution < 1.29 is 23.1 Å². The van der Waals surface area contributed by atoms with Gasteiger partial charge in [-0.25, -0.2) is 4.79 Å². The first kappa shape index (κ1) is 13.2. The number of carbonyl (C=O) groups is 1. The molecule has 1 saturated heterocycles. The lowest BCUT2D eigenvalue weighted by Gasteiger charge is -2.03. The van der Waals surface area contributed by atoms with Gasteiger partial charge in [-0.05, 0) is 20.0 Å². The molecule has 1 aliphatic rings. The van der Waals surface area contributed by atoms with E-state index in [2.05, 4.69) is 11.9 Å². The fourth-order valence-corrected chi connectivity index (χ4v) is 0.969. The van der Waals surface area contributed by atoms with Crippen LogP contribution in [0.5, 0.6) is 0 Å². The van der Waals surface area contributed by atoms with Gasteiger partial charge in [0.25, 0.3) is 0 Å². The van der Waals surface area contributed by atoms with Crippen molar-refractivity contribution in [2.45, 2.75) is 18.6 Å². The molecule has 0 aromatic carbocycles. The van der Waals surface area contributed by atoms with Gasteiger partial charge in [-0.1, -0.05) is 0 Å². The molecule has 0 amide bonds. The first-order chi connectivity index (χ1) is 6.23. The van der Waals surface area contributed by atoms with Crippen molar-refractivity contribution in [3.63, 3.8) is 0 Å². The van der Waals surface area contributed by atoms with Gasteiger partial charge in [-0.2, -0.15) is 13.2 Å². The van der Waals surface area contributed by atoms with Gasteiger partial charge >= 0.3 is 12.1 Å². The van der Waals surface area contributed by atoms with Crippen LogP contribution in [0.3, 0.4) is 0 Å². The van der Waals surface area contributed by atoms with E-state index in [1.165, 1.54) is 13.0 Å². The maximum Gasteiger partial charge on any atom is 0.490 e. The number of alkyl halides is 3. The van der Waals surface area contributed by atoms with E-state index < -0.39 is 12.1 Å². The summed E-state index contributed by atoms with van der Waals surface area (Å²) >= 11 is 0. The van der Waals surface area contributed by atoms with Gasteiger partial charge in [-0.3, -0.25) is 0 Å². The van der Waals surface area contributed by atoms with E-state index in [1.807, 2.05) is 0 Å². The molecule has 3 N–H and O–H groups in total. The fraction of sp³-hybridized carbons (Fsp3) is 0.857. The van der Waals surface area contributed by atoms with Gasteiger partial charge in [0.15, 0.2) is 0 Å². The van der Waals surface area contributed by atoms with Crippen LogP contribution < -0.4 is 5.73 Å². The standard InChI is InChI=1S/C5H12N2.C2HF3O2/c1-7-3-2-5(6)4-7;3-2(4,5)1(6)7/h5H,2-4,6H2,1H3;(H,6,7)/t5-;/m0./s1. The van der Waals surface area contributed by atoms with Crippen LogP contribution >= 0.6 is 0 Å². The van der Waals surface area contributed by atoms with Gasteiger partial charge in [-0.15, -0.1) is 0 Å². The summed E-state index contributed by atoms with van der Waals surface area (Å²) in [6.45, 7) is 2.27. The molecule has 0 spiro atoms. The Hall–Kier alpha value is -0.820. The molecule has 0 bridgehead atoms. The average Bonchev–Trinajstić information content (AvgIpc) is 2.33. The molecule has 14 heavy (non-hydrogen) atoms. The summed E-state index contributed by atoms with van der Waals surface area (Å²) in [5.41, 5.74) is 5.58. The minimum atomic E-state index is -5.08. The number of likely N-dealkylation sites (tertiary alicyclic amines) is 1. The van der Waals surface area contributed by atoms with Crippen LogP contribution in [0.15, 0.2) is 0 Å². The maximum absolute atomic E-state index is 10.6. The molecule has 0 unspecified atom stereocenters. The number of rotatable bonds is 0. The summed E-state index contributed by atoms with van der Waals surface area (Å²) in [6, 6.07) is 0.449. The Labute approximate surface area is 79.5 Å². The van der Waals surface area contributed by atoms with Crippen LogP contribution in [0.4, 0.5) is 13.2 Å². The van der Waals surface area contributed by atoms with Crippen molar-refractivity contribution in [1.82, 2.24) is 4.90 Å². The molecule has 84 valence electrons. The highest BCUT2D eigenvalue weighted by Gasteiger charge is 2.38. The highest BCUT2D eigenvalue weighted by Crippen LogP contribution is 2.13. The molecule has 1 heterocycles. The van der Waals surface area contributed by atoms with Crippen LogP contribution in [-0.2, 0) is 4.79 Å². The zero-order valence-corrected chi connectivity index (χ0v) is 7.71. The first-order valence-electron chi connectivity index (χ1n) is 3.97. The van der Waals surface area contributed by atoms with E-state index in [9.17, 15) is 13.2 Å². The minimum Gasteiger partial charge on any atom is -0.475 e. The summed E-state index contributed by atoms with van der Waals surface area (Å²) in [6.07, 6.45) is -3.91. The van der Waals surface area contributed by atoms with Crippen molar-refractivity contribution in [3.05, 3.63) is 0 Å². The molecule has 1 fully saturated rings. The number of aliphatic carboxylic acids is 1. The minimum absolute atomic E-state index is 0.449. The van der Waals surface area contributed by atoms with Crippen LogP contribution in [0.2, 0.25) is 0 Å². The third-order valence-electron chi connectivity index (χ3n) is 1.67. The normalized spacial score (nSPS) is 22.8. The monoisotopic (exact) mass is 214 g/mol. The summed E-state index contributed by atoms with van der Waals surface area (Å²) < 4.78 is 31.7. The van der Waals surface area contributed by atoms with E-state index in [4.69, 9.17) is 15.6 Å². The highest BCUT2D eigenvalue weighted by atomic mass is 19.4. The number of hydrogen-bond acceptors (Lipinski definition) is 3. The predicted molar refractivity (Wildman–Crippen MR) is 43.8 cm³/mol. The maximum atomic E-state index is 10.6. The third kappa shape index (κ3) is 5.76. The van der Waals surface area contributed by atoms with Gasteiger partial charge in [0.05, 0.1) is 0 Å². The summed E-state index contributed by atoms with van der Waals surface area (Å²) in [5, 5.41) is 7.12. The number of carboxylic acids is 1. The van der Waals surface area contributed by atoms with Crippen LogP contribution in [0, 0.1) is 0 Å². The van der Waals surface area contributed by atoms with Crippen molar-refractivity contribution in [2.24, 2.45) is 5.73 Å². The van der Waals surface area contributed by atoms with E-state index in [-0.39, 0.29) is 0 Å². The van der Waals surface area contributed by atoms with Crippen molar-refractivity contribution in [2.75, 3.05) is 20.1 Å². The van der Waals surface area contributed by atoms with Crippen LogP contribution in [0.25, 0.3) is 0 Å².